The van der Waals surface area contributed by atoms with Gasteiger partial charge in [0, 0.05) is 23.6 Å². The number of benzene rings is 2. The molecule has 2 heterocycles. The minimum Gasteiger partial charge on any atom is -0.442 e. The lowest BCUT2D eigenvalue weighted by atomic mass is 10.1. The van der Waals surface area contributed by atoms with Gasteiger partial charge in [-0.2, -0.15) is 9.98 Å². The molecule has 3 N–H and O–H groups in total. The predicted octanol–water partition coefficient (Wildman–Crippen LogP) is 8.62. The van der Waals surface area contributed by atoms with Crippen LogP contribution < -0.4 is 16.0 Å². The van der Waals surface area contributed by atoms with E-state index < -0.39 is 29.3 Å². The first-order valence-corrected chi connectivity index (χ1v) is 15.7. The van der Waals surface area contributed by atoms with E-state index in [1.54, 1.807) is 121 Å². The number of amidine groups is 2. The van der Waals surface area contributed by atoms with E-state index in [0.29, 0.717) is 28.5 Å². The number of hydrogen-bond donors (Lipinski definition) is 3. The van der Waals surface area contributed by atoms with E-state index in [1.165, 1.54) is 6.07 Å². The van der Waals surface area contributed by atoms with Gasteiger partial charge in [-0.25, -0.2) is 9.59 Å². The van der Waals surface area contributed by atoms with Crippen LogP contribution in [0.1, 0.15) is 63.3 Å². The van der Waals surface area contributed by atoms with Crippen molar-refractivity contribution < 1.29 is 23.9 Å². The Morgan fingerprint density at radius 3 is 1.59 bits per heavy atom. The molecule has 254 valence electrons. The van der Waals surface area contributed by atoms with E-state index in [-0.39, 0.29) is 27.3 Å². The van der Waals surface area contributed by atoms with Gasteiger partial charge in [0.15, 0.2) is 11.7 Å². The number of pyridine rings is 2. The van der Waals surface area contributed by atoms with Crippen LogP contribution in [0, 0.1) is 0 Å². The van der Waals surface area contributed by atoms with Gasteiger partial charge in [0.2, 0.25) is 0 Å². The molecule has 14 heteroatoms. The number of carbonyl (C=O) groups is 3. The van der Waals surface area contributed by atoms with Gasteiger partial charge < -0.3 is 25.4 Å². The van der Waals surface area contributed by atoms with Crippen molar-refractivity contribution in [3.05, 3.63) is 112 Å². The predicted molar refractivity (Wildman–Crippen MR) is 192 cm³/mol. The van der Waals surface area contributed by atoms with E-state index in [1.807, 2.05) is 0 Å². The second-order valence-corrected chi connectivity index (χ2v) is 13.2. The quantitative estimate of drug-likeness (QED) is 0.132. The molecule has 0 bridgehead atoms. The first-order chi connectivity index (χ1) is 23.1. The fourth-order valence-electron chi connectivity index (χ4n) is 3.97. The third kappa shape index (κ3) is 11.4. The van der Waals surface area contributed by atoms with Crippen molar-refractivity contribution in [2.75, 3.05) is 16.0 Å². The SMILES string of the molecule is CC(C)(C)OC(=O)/N=C(/Nc1ccc(NC(=O)c2ccc(N/C(=N/C(=O)OC(C)(C)C)c3ccccn3)c(Cl)c2)c(Cl)c1)c1ccccn1. The fourth-order valence-corrected chi connectivity index (χ4v) is 4.42. The number of rotatable bonds is 6. The van der Waals surface area contributed by atoms with E-state index in [2.05, 4.69) is 35.9 Å². The minimum atomic E-state index is -0.811. The molecule has 0 saturated heterocycles. The van der Waals surface area contributed by atoms with E-state index >= 15 is 0 Å². The van der Waals surface area contributed by atoms with Crippen molar-refractivity contribution in [1.29, 1.82) is 0 Å². The Kier molecular flexibility index (Phi) is 11.7. The van der Waals surface area contributed by atoms with E-state index in [4.69, 9.17) is 32.7 Å². The summed E-state index contributed by atoms with van der Waals surface area (Å²) in [7, 11) is 0. The molecule has 2 aromatic carbocycles. The molecular weight excluding hydrogens is 669 g/mol. The van der Waals surface area contributed by atoms with Gasteiger partial charge in [-0.15, -0.1) is 0 Å². The molecule has 0 spiro atoms. The lowest BCUT2D eigenvalue weighted by molar-refractivity contribution is 0.0592. The number of halogens is 2. The van der Waals surface area contributed by atoms with Crippen LogP contribution in [0.15, 0.2) is 95.2 Å². The summed E-state index contributed by atoms with van der Waals surface area (Å²) in [5.41, 5.74) is 0.698. The molecular formula is C35H35Cl2N7O5. The van der Waals surface area contributed by atoms with E-state index in [0.717, 1.165) is 0 Å². The smallest absolute Gasteiger partial charge is 0.436 e. The molecule has 2 aromatic heterocycles. The van der Waals surface area contributed by atoms with Crippen molar-refractivity contribution in [2.45, 2.75) is 52.7 Å². The van der Waals surface area contributed by atoms with Gasteiger partial charge in [-0.05, 0) is 102 Å². The van der Waals surface area contributed by atoms with Gasteiger partial charge in [-0.1, -0.05) is 35.3 Å². The molecule has 0 saturated carbocycles. The average Bonchev–Trinajstić information content (AvgIpc) is 3.01. The van der Waals surface area contributed by atoms with Crippen LogP contribution in [0.2, 0.25) is 10.0 Å². The number of amides is 3. The largest absolute Gasteiger partial charge is 0.442 e. The molecule has 4 aromatic rings. The molecule has 0 fully saturated rings. The van der Waals surface area contributed by atoms with Crippen molar-refractivity contribution in [2.24, 2.45) is 9.98 Å². The summed E-state index contributed by atoms with van der Waals surface area (Å²) in [5.74, 6) is -0.228. The number of aromatic nitrogens is 2. The third-order valence-corrected chi connectivity index (χ3v) is 6.60. The Balaban J connectivity index is 1.50. The zero-order valence-electron chi connectivity index (χ0n) is 27.7. The maximum Gasteiger partial charge on any atom is 0.436 e. The highest BCUT2D eigenvalue weighted by Gasteiger charge is 2.20. The van der Waals surface area contributed by atoms with Crippen molar-refractivity contribution in [3.8, 4) is 0 Å². The molecule has 49 heavy (non-hydrogen) atoms. The Bertz CT molecular complexity index is 1890. The number of nitrogens with one attached hydrogen (secondary N) is 3. The summed E-state index contributed by atoms with van der Waals surface area (Å²) in [4.78, 5) is 54.8. The van der Waals surface area contributed by atoms with Crippen LogP contribution in [-0.4, -0.2) is 50.9 Å². The highest BCUT2D eigenvalue weighted by molar-refractivity contribution is 6.35. The zero-order chi connectivity index (χ0) is 35.8. The van der Waals surface area contributed by atoms with Gasteiger partial charge in [0.1, 0.15) is 22.6 Å². The normalized spacial score (nSPS) is 12.2. The van der Waals surface area contributed by atoms with Gasteiger partial charge in [0.25, 0.3) is 5.91 Å². The summed E-state index contributed by atoms with van der Waals surface area (Å²) in [6.45, 7) is 10.4. The van der Waals surface area contributed by atoms with Crippen LogP contribution >= 0.6 is 23.2 Å². The summed E-state index contributed by atoms with van der Waals surface area (Å²) in [6.07, 6.45) is 1.52. The lowest BCUT2D eigenvalue weighted by Crippen LogP contribution is -2.24. The Labute approximate surface area is 294 Å². The first kappa shape index (κ1) is 36.5. The monoisotopic (exact) mass is 703 g/mol. The van der Waals surface area contributed by atoms with Crippen molar-refractivity contribution >= 4 is 70.0 Å². The zero-order valence-corrected chi connectivity index (χ0v) is 29.2. The van der Waals surface area contributed by atoms with Crippen molar-refractivity contribution in [1.82, 2.24) is 9.97 Å². The molecule has 0 radical (unpaired) electrons. The number of ether oxygens (including phenoxy) is 2. The Hall–Kier alpha value is -5.33. The van der Waals surface area contributed by atoms with Crippen LogP contribution in [0.5, 0.6) is 0 Å². The number of anilines is 3. The third-order valence-electron chi connectivity index (χ3n) is 5.97. The molecule has 12 nitrogen and oxygen atoms in total. The fraction of sp³-hybridized carbons (Fsp3) is 0.229. The Morgan fingerprint density at radius 1 is 0.633 bits per heavy atom. The van der Waals surface area contributed by atoms with Gasteiger partial charge in [-0.3, -0.25) is 14.8 Å². The highest BCUT2D eigenvalue weighted by atomic mass is 35.5. The summed E-state index contributed by atoms with van der Waals surface area (Å²) in [5, 5.41) is 9.22. The standard InChI is InChI=1S/C35H35Cl2N7O5/c1-34(2,3)48-32(46)43-29(27-11-7-9-17-38-27)40-22-14-16-26(24(37)20-22)42-31(45)21-13-15-25(23(36)19-21)41-30(28-12-8-10-18-39-28)44-33(47)49-35(4,5)6/h7-20H,1-6H3,(H,42,45)(H,40,43,46)(H,41,44,47). The molecule has 0 aliphatic carbocycles. The van der Waals surface area contributed by atoms with Crippen LogP contribution in [0.25, 0.3) is 0 Å². The topological polar surface area (TPSA) is 156 Å². The number of carbonyl (C=O) groups excluding carboxylic acids is 3. The summed E-state index contributed by atoms with van der Waals surface area (Å²) in [6, 6.07) is 19.7. The molecule has 0 aliphatic rings. The number of hydrogen-bond acceptors (Lipinski definition) is 7. The molecule has 3 amide bonds. The van der Waals surface area contributed by atoms with Crippen molar-refractivity contribution in [3.63, 3.8) is 0 Å². The van der Waals surface area contributed by atoms with E-state index in [9.17, 15) is 14.4 Å². The molecule has 0 unspecified atom stereocenters. The van der Waals surface area contributed by atoms with Crippen LogP contribution in [0.4, 0.5) is 26.7 Å². The maximum atomic E-state index is 13.2. The second-order valence-electron chi connectivity index (χ2n) is 12.4. The first-order valence-electron chi connectivity index (χ1n) is 15.0. The summed E-state index contributed by atoms with van der Waals surface area (Å²) >= 11 is 13.1. The molecule has 0 aliphatic heterocycles. The average molecular weight is 705 g/mol. The Morgan fingerprint density at radius 2 is 1.12 bits per heavy atom. The van der Waals surface area contributed by atoms with Gasteiger partial charge in [0.05, 0.1) is 21.4 Å². The van der Waals surface area contributed by atoms with Crippen LogP contribution in [0.3, 0.4) is 0 Å². The summed E-state index contributed by atoms with van der Waals surface area (Å²) < 4.78 is 10.7. The lowest BCUT2D eigenvalue weighted by Gasteiger charge is -2.18. The molecule has 4 rings (SSSR count). The molecule has 0 atom stereocenters. The van der Waals surface area contributed by atoms with Crippen LogP contribution in [-0.2, 0) is 9.47 Å². The van der Waals surface area contributed by atoms with Gasteiger partial charge >= 0.3 is 12.2 Å². The maximum absolute atomic E-state index is 13.2. The highest BCUT2D eigenvalue weighted by Crippen LogP contribution is 2.28. The second kappa shape index (κ2) is 15.7. The number of nitrogens with zero attached hydrogens (tertiary/aromatic N) is 4. The minimum absolute atomic E-state index is 0.108. The number of aliphatic imine (C=N–C) groups is 2.